The van der Waals surface area contributed by atoms with Gasteiger partial charge in [0.1, 0.15) is 0 Å². The summed E-state index contributed by atoms with van der Waals surface area (Å²) in [6.07, 6.45) is 0.984. The van der Waals surface area contributed by atoms with E-state index in [1.807, 2.05) is 6.92 Å². The molecule has 0 aromatic heterocycles. The zero-order valence-electron chi connectivity index (χ0n) is 9.45. The molecule has 0 saturated heterocycles. The summed E-state index contributed by atoms with van der Waals surface area (Å²) in [4.78, 5) is 0. The van der Waals surface area contributed by atoms with E-state index in [-0.39, 0.29) is 18.3 Å². The van der Waals surface area contributed by atoms with Gasteiger partial charge in [-0.15, -0.1) is 0 Å². The van der Waals surface area contributed by atoms with Crippen molar-refractivity contribution in [3.05, 3.63) is 0 Å². The highest BCUT2D eigenvalue weighted by Crippen LogP contribution is 2.05. The number of nitrogens with one attached hydrogen (secondary N) is 2. The Morgan fingerprint density at radius 1 is 1.60 bits per heavy atom. The monoisotopic (exact) mass is 236 g/mol. The number of rotatable bonds is 7. The Balaban J connectivity index is 4.40. The SMILES string of the molecule is CCCNS(=O)(=O)N(C)C(C)CC(=N)N. The van der Waals surface area contributed by atoms with Crippen LogP contribution in [0.2, 0.25) is 0 Å². The molecule has 15 heavy (non-hydrogen) atoms. The van der Waals surface area contributed by atoms with Crippen molar-refractivity contribution in [3.63, 3.8) is 0 Å². The first-order valence-corrected chi connectivity index (χ1v) is 6.30. The maximum Gasteiger partial charge on any atom is 0.279 e. The second kappa shape index (κ2) is 6.04. The Kier molecular flexibility index (Phi) is 5.77. The van der Waals surface area contributed by atoms with Gasteiger partial charge < -0.3 is 5.73 Å². The topological polar surface area (TPSA) is 99.3 Å². The van der Waals surface area contributed by atoms with Gasteiger partial charge in [-0.3, -0.25) is 5.41 Å². The van der Waals surface area contributed by atoms with Gasteiger partial charge in [-0.25, -0.2) is 4.72 Å². The first-order valence-electron chi connectivity index (χ1n) is 4.86. The van der Waals surface area contributed by atoms with Crippen LogP contribution in [0.3, 0.4) is 0 Å². The van der Waals surface area contributed by atoms with E-state index in [9.17, 15) is 8.42 Å². The van der Waals surface area contributed by atoms with Crippen molar-refractivity contribution in [1.29, 1.82) is 5.41 Å². The Bertz CT molecular complexity index is 302. The van der Waals surface area contributed by atoms with Gasteiger partial charge in [0.25, 0.3) is 10.2 Å². The molecule has 0 bridgehead atoms. The minimum Gasteiger partial charge on any atom is -0.388 e. The van der Waals surface area contributed by atoms with Gasteiger partial charge in [-0.05, 0) is 13.3 Å². The van der Waals surface area contributed by atoms with Crippen LogP contribution in [-0.2, 0) is 10.2 Å². The molecule has 0 aliphatic heterocycles. The highest BCUT2D eigenvalue weighted by molar-refractivity contribution is 7.87. The summed E-state index contributed by atoms with van der Waals surface area (Å²) < 4.78 is 26.9. The zero-order chi connectivity index (χ0) is 12.1. The lowest BCUT2D eigenvalue weighted by Crippen LogP contribution is -2.44. The van der Waals surface area contributed by atoms with E-state index >= 15 is 0 Å². The van der Waals surface area contributed by atoms with Gasteiger partial charge in [0.15, 0.2) is 0 Å². The molecule has 1 unspecified atom stereocenters. The first kappa shape index (κ1) is 14.3. The van der Waals surface area contributed by atoms with E-state index in [1.165, 1.54) is 11.4 Å². The highest BCUT2D eigenvalue weighted by atomic mass is 32.2. The molecule has 0 fully saturated rings. The first-order chi connectivity index (χ1) is 6.81. The van der Waals surface area contributed by atoms with Gasteiger partial charge in [-0.1, -0.05) is 6.92 Å². The molecule has 6 nitrogen and oxygen atoms in total. The molecule has 0 aliphatic rings. The maximum absolute atomic E-state index is 11.6. The number of amidine groups is 1. The average molecular weight is 236 g/mol. The molecular weight excluding hydrogens is 216 g/mol. The molecule has 90 valence electrons. The van der Waals surface area contributed by atoms with Crippen LogP contribution >= 0.6 is 0 Å². The van der Waals surface area contributed by atoms with E-state index in [2.05, 4.69) is 4.72 Å². The molecule has 0 rings (SSSR count). The van der Waals surface area contributed by atoms with Crippen molar-refractivity contribution in [1.82, 2.24) is 9.03 Å². The molecular formula is C8H20N4O2S. The quantitative estimate of drug-likeness (QED) is 0.424. The van der Waals surface area contributed by atoms with Crippen molar-refractivity contribution < 1.29 is 8.42 Å². The average Bonchev–Trinajstić information content (AvgIpc) is 2.12. The third-order valence-corrected chi connectivity index (χ3v) is 3.74. The van der Waals surface area contributed by atoms with Crippen molar-refractivity contribution in [3.8, 4) is 0 Å². The molecule has 7 heteroatoms. The van der Waals surface area contributed by atoms with Gasteiger partial charge >= 0.3 is 0 Å². The van der Waals surface area contributed by atoms with E-state index < -0.39 is 10.2 Å². The lowest BCUT2D eigenvalue weighted by atomic mass is 10.2. The molecule has 0 spiro atoms. The van der Waals surface area contributed by atoms with Crippen LogP contribution in [0.1, 0.15) is 26.7 Å². The van der Waals surface area contributed by atoms with Crippen LogP contribution in [0.4, 0.5) is 0 Å². The Hall–Kier alpha value is -0.660. The molecule has 0 radical (unpaired) electrons. The molecule has 4 N–H and O–H groups in total. The summed E-state index contributed by atoms with van der Waals surface area (Å²) in [7, 11) is -1.96. The molecule has 0 heterocycles. The number of nitrogens with zero attached hydrogens (tertiary/aromatic N) is 1. The van der Waals surface area contributed by atoms with Gasteiger partial charge in [-0.2, -0.15) is 12.7 Å². The fourth-order valence-corrected chi connectivity index (χ4v) is 2.23. The van der Waals surface area contributed by atoms with Crippen LogP contribution in [0.25, 0.3) is 0 Å². The normalized spacial score (nSPS) is 14.1. The van der Waals surface area contributed by atoms with Crippen LogP contribution in [0.5, 0.6) is 0 Å². The molecule has 0 aromatic carbocycles. The van der Waals surface area contributed by atoms with Crippen molar-refractivity contribution in [2.45, 2.75) is 32.7 Å². The number of nitrogens with two attached hydrogens (primary N) is 1. The third kappa shape index (κ3) is 5.10. The smallest absolute Gasteiger partial charge is 0.279 e. The summed E-state index contributed by atoms with van der Waals surface area (Å²) in [5.74, 6) is -0.0139. The lowest BCUT2D eigenvalue weighted by molar-refractivity contribution is 0.388. The molecule has 0 saturated carbocycles. The van der Waals surface area contributed by atoms with Gasteiger partial charge in [0.05, 0.1) is 5.84 Å². The third-order valence-electron chi connectivity index (χ3n) is 2.05. The zero-order valence-corrected chi connectivity index (χ0v) is 10.3. The molecule has 1 atom stereocenters. The Morgan fingerprint density at radius 2 is 2.13 bits per heavy atom. The van der Waals surface area contributed by atoms with Gasteiger partial charge in [0, 0.05) is 26.1 Å². The number of hydrogen-bond donors (Lipinski definition) is 3. The molecule has 0 aromatic rings. The summed E-state index contributed by atoms with van der Waals surface area (Å²) in [5.41, 5.74) is 5.22. The van der Waals surface area contributed by atoms with Crippen LogP contribution < -0.4 is 10.5 Å². The molecule has 0 amide bonds. The van der Waals surface area contributed by atoms with E-state index in [4.69, 9.17) is 11.1 Å². The van der Waals surface area contributed by atoms with Crippen LogP contribution in [-0.4, -0.2) is 38.2 Å². The summed E-state index contributed by atoms with van der Waals surface area (Å²) in [6, 6.07) is -0.308. The minimum atomic E-state index is -3.44. The Morgan fingerprint density at radius 3 is 2.53 bits per heavy atom. The fraction of sp³-hybridized carbons (Fsp3) is 0.875. The summed E-state index contributed by atoms with van der Waals surface area (Å²) >= 11 is 0. The Labute approximate surface area is 91.5 Å². The van der Waals surface area contributed by atoms with E-state index in [0.29, 0.717) is 6.54 Å². The van der Waals surface area contributed by atoms with Crippen molar-refractivity contribution in [2.24, 2.45) is 5.73 Å². The van der Waals surface area contributed by atoms with E-state index in [1.54, 1.807) is 6.92 Å². The second-order valence-corrected chi connectivity index (χ2v) is 5.31. The predicted molar refractivity (Wildman–Crippen MR) is 61.0 cm³/mol. The maximum atomic E-state index is 11.6. The highest BCUT2D eigenvalue weighted by Gasteiger charge is 2.22. The largest absolute Gasteiger partial charge is 0.388 e. The minimum absolute atomic E-state index is 0.0139. The summed E-state index contributed by atoms with van der Waals surface area (Å²) in [6.45, 7) is 4.02. The second-order valence-electron chi connectivity index (χ2n) is 3.49. The fourth-order valence-electron chi connectivity index (χ4n) is 1.02. The van der Waals surface area contributed by atoms with Crippen molar-refractivity contribution >= 4 is 16.0 Å². The van der Waals surface area contributed by atoms with Crippen LogP contribution in [0, 0.1) is 5.41 Å². The molecule has 0 aliphatic carbocycles. The van der Waals surface area contributed by atoms with Crippen LogP contribution in [0.15, 0.2) is 0 Å². The standard InChI is InChI=1S/C8H20N4O2S/c1-4-5-11-15(13,14)12(3)7(2)6-8(9)10/h7,11H,4-6H2,1-3H3,(H3,9,10). The van der Waals surface area contributed by atoms with Crippen molar-refractivity contribution in [2.75, 3.05) is 13.6 Å². The van der Waals surface area contributed by atoms with Gasteiger partial charge in [0.2, 0.25) is 0 Å². The number of hydrogen-bond acceptors (Lipinski definition) is 3. The lowest BCUT2D eigenvalue weighted by Gasteiger charge is -2.23. The predicted octanol–water partition coefficient (Wildman–Crippen LogP) is -0.123. The summed E-state index contributed by atoms with van der Waals surface area (Å²) in [5, 5.41) is 7.10. The van der Waals surface area contributed by atoms with E-state index in [0.717, 1.165) is 6.42 Å².